The molecule has 364 valence electrons. The Morgan fingerprint density at radius 3 is 1.44 bits per heavy atom. The number of phosphoric acid groups is 1. The Bertz CT molecular complexity index is 1450. The van der Waals surface area contributed by atoms with Crippen LogP contribution in [-0.4, -0.2) is 73.4 Å². The summed E-state index contributed by atoms with van der Waals surface area (Å²) in [5.41, 5.74) is 0. The molecule has 0 aromatic heterocycles. The zero-order chi connectivity index (χ0) is 47.1. The summed E-state index contributed by atoms with van der Waals surface area (Å²) in [6.07, 6.45) is 67.2. The van der Waals surface area contributed by atoms with Gasteiger partial charge in [-0.1, -0.05) is 187 Å². The molecule has 1 amide bonds. The van der Waals surface area contributed by atoms with Gasteiger partial charge in [-0.25, -0.2) is 4.57 Å². The zero-order valence-corrected chi connectivity index (χ0v) is 42.1. The van der Waals surface area contributed by atoms with Gasteiger partial charge in [0, 0.05) is 6.42 Å². The van der Waals surface area contributed by atoms with E-state index in [9.17, 15) is 19.4 Å². The highest BCUT2D eigenvalue weighted by atomic mass is 31.2. The number of nitrogens with zero attached hydrogens (tertiary/aromatic N) is 1. The van der Waals surface area contributed by atoms with Crippen molar-refractivity contribution in [3.05, 3.63) is 122 Å². The van der Waals surface area contributed by atoms with E-state index in [2.05, 4.69) is 129 Å². The number of rotatable bonds is 43. The minimum Gasteiger partial charge on any atom is -0.387 e. The van der Waals surface area contributed by atoms with Crippen molar-refractivity contribution < 1.29 is 32.9 Å². The number of amides is 1. The fraction of sp³-hybridized carbons (Fsp3) is 0.618. The highest BCUT2D eigenvalue weighted by Gasteiger charge is 2.27. The van der Waals surface area contributed by atoms with Crippen LogP contribution in [-0.2, 0) is 18.4 Å². The Balaban J connectivity index is 4.57. The van der Waals surface area contributed by atoms with Gasteiger partial charge in [0.1, 0.15) is 13.2 Å². The summed E-state index contributed by atoms with van der Waals surface area (Å²) in [5, 5.41) is 13.8. The van der Waals surface area contributed by atoms with Crippen LogP contribution in [0.2, 0.25) is 0 Å². The molecular formula is C55H94N2O6P+. The average molecular weight is 910 g/mol. The molecule has 0 aromatic rings. The molecule has 3 N–H and O–H groups in total. The van der Waals surface area contributed by atoms with Gasteiger partial charge in [0.05, 0.1) is 39.9 Å². The van der Waals surface area contributed by atoms with Crippen LogP contribution in [0, 0.1) is 0 Å². The molecular weight excluding hydrogens is 816 g/mol. The van der Waals surface area contributed by atoms with E-state index in [4.69, 9.17) is 9.05 Å². The van der Waals surface area contributed by atoms with E-state index in [1.54, 1.807) is 6.08 Å². The van der Waals surface area contributed by atoms with E-state index in [0.717, 1.165) is 77.0 Å². The lowest BCUT2D eigenvalue weighted by atomic mass is 10.1. The van der Waals surface area contributed by atoms with Gasteiger partial charge in [0.15, 0.2) is 0 Å². The van der Waals surface area contributed by atoms with E-state index >= 15 is 0 Å². The summed E-state index contributed by atoms with van der Waals surface area (Å²) in [6, 6.07) is -0.909. The summed E-state index contributed by atoms with van der Waals surface area (Å²) in [4.78, 5) is 23.2. The molecule has 0 bridgehead atoms. The van der Waals surface area contributed by atoms with E-state index < -0.39 is 20.0 Å². The van der Waals surface area contributed by atoms with Gasteiger partial charge in [0.25, 0.3) is 0 Å². The van der Waals surface area contributed by atoms with Crippen molar-refractivity contribution in [2.24, 2.45) is 0 Å². The van der Waals surface area contributed by atoms with Crippen LogP contribution < -0.4 is 5.32 Å². The number of quaternary nitrogens is 1. The Labute approximate surface area is 393 Å². The van der Waals surface area contributed by atoms with Crippen LogP contribution in [0.3, 0.4) is 0 Å². The van der Waals surface area contributed by atoms with Crippen LogP contribution in [0.15, 0.2) is 122 Å². The van der Waals surface area contributed by atoms with Gasteiger partial charge in [-0.15, -0.1) is 0 Å². The normalized spacial score (nSPS) is 15.2. The smallest absolute Gasteiger partial charge is 0.387 e. The van der Waals surface area contributed by atoms with Gasteiger partial charge in [-0.2, -0.15) is 0 Å². The number of aliphatic hydroxyl groups is 1. The molecule has 3 atom stereocenters. The quantitative estimate of drug-likeness (QED) is 0.0244. The Hall–Kier alpha value is -3.10. The highest BCUT2D eigenvalue weighted by Crippen LogP contribution is 2.43. The maximum Gasteiger partial charge on any atom is 0.472 e. The van der Waals surface area contributed by atoms with E-state index in [1.165, 1.54) is 64.2 Å². The van der Waals surface area contributed by atoms with Gasteiger partial charge in [-0.05, 0) is 96.3 Å². The van der Waals surface area contributed by atoms with Gasteiger partial charge in [0.2, 0.25) is 5.91 Å². The van der Waals surface area contributed by atoms with Crippen molar-refractivity contribution in [3.63, 3.8) is 0 Å². The number of hydrogen-bond donors (Lipinski definition) is 3. The lowest BCUT2D eigenvalue weighted by molar-refractivity contribution is -0.870. The standard InChI is InChI=1S/C55H93N2O6P/c1-6-8-10-12-14-16-18-20-22-24-26-27-28-29-31-33-35-37-39-41-43-45-47-49-55(59)56-53(52-63-64(60,61)62-51-50-57(3,4)5)54(58)48-46-44-42-40-38-36-34-32-30-25-23-21-19-17-15-13-11-9-7-2/h8,10,14,16,20,22,26-27,29-32,35,37-38,40-41,43,46,48,53-54,58H,6-7,9,11-13,15,17-19,21,23-25,28,33-34,36,39,42,44-45,47,49-52H2,1-5H3,(H-,56,59,60,61)/p+1/b10-8-,16-14-,22-20-,27-26-,31-29-,32-30+,37-35-,40-38+,43-41-,48-46+. The molecule has 9 heteroatoms. The van der Waals surface area contributed by atoms with Crippen LogP contribution >= 0.6 is 7.82 Å². The number of unbranched alkanes of at least 4 members (excludes halogenated alkanes) is 12. The van der Waals surface area contributed by atoms with Gasteiger partial charge < -0.3 is 19.8 Å². The third-order valence-corrected chi connectivity index (χ3v) is 11.1. The van der Waals surface area contributed by atoms with E-state index in [1.807, 2.05) is 27.2 Å². The molecule has 0 radical (unpaired) electrons. The fourth-order valence-electron chi connectivity index (χ4n) is 6.24. The third kappa shape index (κ3) is 46.9. The minimum atomic E-state index is -4.38. The van der Waals surface area contributed by atoms with Crippen molar-refractivity contribution in [2.75, 3.05) is 40.9 Å². The topological polar surface area (TPSA) is 105 Å². The lowest BCUT2D eigenvalue weighted by Gasteiger charge is -2.25. The molecule has 3 unspecified atom stereocenters. The van der Waals surface area contributed by atoms with Crippen molar-refractivity contribution in [1.82, 2.24) is 5.32 Å². The second kappa shape index (κ2) is 45.1. The number of nitrogens with one attached hydrogen (secondary N) is 1. The number of allylic oxidation sites excluding steroid dienone is 19. The zero-order valence-electron chi connectivity index (χ0n) is 41.2. The first-order valence-electron chi connectivity index (χ1n) is 24.9. The van der Waals surface area contributed by atoms with Crippen LogP contribution in [0.25, 0.3) is 0 Å². The molecule has 0 aromatic carbocycles. The van der Waals surface area contributed by atoms with Crippen molar-refractivity contribution >= 4 is 13.7 Å². The molecule has 0 aliphatic rings. The summed E-state index contributed by atoms with van der Waals surface area (Å²) in [5.74, 6) is -0.254. The predicted molar refractivity (Wildman–Crippen MR) is 276 cm³/mol. The summed E-state index contributed by atoms with van der Waals surface area (Å²) < 4.78 is 23.6. The molecule has 0 spiro atoms. The van der Waals surface area contributed by atoms with Gasteiger partial charge in [-0.3, -0.25) is 13.8 Å². The largest absolute Gasteiger partial charge is 0.472 e. The van der Waals surface area contributed by atoms with E-state index in [-0.39, 0.29) is 25.5 Å². The molecule has 0 aliphatic heterocycles. The maximum atomic E-state index is 12.9. The number of carbonyl (C=O) groups excluding carboxylic acids is 1. The summed E-state index contributed by atoms with van der Waals surface area (Å²) >= 11 is 0. The first kappa shape index (κ1) is 60.9. The molecule has 0 fully saturated rings. The Kier molecular flexibility index (Phi) is 42.9. The fourth-order valence-corrected chi connectivity index (χ4v) is 6.97. The van der Waals surface area contributed by atoms with Crippen molar-refractivity contribution in [3.8, 4) is 0 Å². The SMILES string of the molecule is CC/C=C\C/C=C\C/C=C\C/C=C\C/C=C\C/C=C\C/C=C\CCCC(=O)NC(COP(=O)(O)OCC[N+](C)(C)C)C(O)/C=C/CC/C=C/CC/C=C/CCCCCCCCCCC. The number of carbonyl (C=O) groups is 1. The Morgan fingerprint density at radius 2 is 0.953 bits per heavy atom. The minimum absolute atomic E-state index is 0.0353. The second-order valence-corrected chi connectivity index (χ2v) is 18.9. The number of likely N-dealkylation sites (N-methyl/N-ethyl adjacent to an activating group) is 1. The molecule has 0 rings (SSSR count). The van der Waals surface area contributed by atoms with Crippen molar-refractivity contribution in [2.45, 2.75) is 180 Å². The molecule has 0 heterocycles. The number of phosphoric ester groups is 1. The summed E-state index contributed by atoms with van der Waals surface area (Å²) in [7, 11) is 1.49. The second-order valence-electron chi connectivity index (χ2n) is 17.4. The Morgan fingerprint density at radius 1 is 0.547 bits per heavy atom. The third-order valence-electron chi connectivity index (χ3n) is 10.1. The van der Waals surface area contributed by atoms with Gasteiger partial charge >= 0.3 is 7.82 Å². The lowest BCUT2D eigenvalue weighted by Crippen LogP contribution is -2.45. The van der Waals surface area contributed by atoms with E-state index in [0.29, 0.717) is 17.4 Å². The average Bonchev–Trinajstić information content (AvgIpc) is 3.25. The van der Waals surface area contributed by atoms with Crippen LogP contribution in [0.5, 0.6) is 0 Å². The van der Waals surface area contributed by atoms with Crippen LogP contribution in [0.4, 0.5) is 0 Å². The monoisotopic (exact) mass is 910 g/mol. The molecule has 64 heavy (non-hydrogen) atoms. The van der Waals surface area contributed by atoms with Crippen molar-refractivity contribution in [1.29, 1.82) is 0 Å². The van der Waals surface area contributed by atoms with Crippen LogP contribution in [0.1, 0.15) is 168 Å². The molecule has 0 saturated heterocycles. The molecule has 0 saturated carbocycles. The molecule has 8 nitrogen and oxygen atoms in total. The summed E-state index contributed by atoms with van der Waals surface area (Å²) in [6.45, 7) is 4.60. The first-order valence-corrected chi connectivity index (χ1v) is 26.4. The maximum absolute atomic E-state index is 12.9. The number of aliphatic hydroxyl groups excluding tert-OH is 1. The first-order chi connectivity index (χ1) is 31.0. The number of hydrogen-bond acceptors (Lipinski definition) is 5. The molecule has 0 aliphatic carbocycles. The predicted octanol–water partition coefficient (Wildman–Crippen LogP) is 14.6. The highest BCUT2D eigenvalue weighted by molar-refractivity contribution is 7.47.